The number of hydrogen-bond acceptors (Lipinski definition) is 2. The number of rotatable bonds is 5. The first-order chi connectivity index (χ1) is 17.8. The molecule has 1 aromatic heterocycles. The number of carbonyl (C=O) groups excluding carboxylic acids is 2. The van der Waals surface area contributed by atoms with E-state index in [2.05, 4.69) is 28.8 Å². The summed E-state index contributed by atoms with van der Waals surface area (Å²) in [6.45, 7) is 5.72. The van der Waals surface area contributed by atoms with Gasteiger partial charge in [-0.25, -0.2) is 0 Å². The highest BCUT2D eigenvalue weighted by Gasteiger charge is 2.37. The second-order valence-corrected chi connectivity index (χ2v) is 10.4. The number of carbonyl (C=O) groups is 2. The second kappa shape index (κ2) is 10.1. The summed E-state index contributed by atoms with van der Waals surface area (Å²) in [5, 5.41) is 0.705. The van der Waals surface area contributed by atoms with Crippen LogP contribution in [0.3, 0.4) is 0 Å². The molecule has 0 radical (unpaired) electrons. The van der Waals surface area contributed by atoms with Gasteiger partial charge >= 0.3 is 0 Å². The molecule has 3 aromatic carbocycles. The second-order valence-electron chi connectivity index (χ2n) is 9.52. The Morgan fingerprint density at radius 1 is 0.919 bits per heavy atom. The number of anilines is 1. The van der Waals surface area contributed by atoms with E-state index in [1.807, 2.05) is 68.3 Å². The van der Waals surface area contributed by atoms with Crippen LogP contribution in [0.15, 0.2) is 85.1 Å². The van der Waals surface area contributed by atoms with Crippen LogP contribution >= 0.6 is 23.2 Å². The molecule has 1 aliphatic heterocycles. The van der Waals surface area contributed by atoms with E-state index in [1.54, 1.807) is 23.1 Å². The lowest BCUT2D eigenvalue weighted by Crippen LogP contribution is -2.48. The number of nitrogens with zero attached hydrogens (tertiary/aromatic N) is 3. The number of hydrogen-bond donors (Lipinski definition) is 0. The molecule has 0 N–H and O–H groups in total. The molecular weight excluding hydrogens is 505 g/mol. The van der Waals surface area contributed by atoms with E-state index in [1.165, 1.54) is 0 Å². The molecule has 0 aliphatic carbocycles. The van der Waals surface area contributed by atoms with Crippen molar-refractivity contribution in [2.75, 3.05) is 11.4 Å². The highest BCUT2D eigenvalue weighted by atomic mass is 35.5. The van der Waals surface area contributed by atoms with Crippen LogP contribution in [-0.2, 0) is 4.79 Å². The Morgan fingerprint density at radius 3 is 2.30 bits per heavy atom. The highest BCUT2D eigenvalue weighted by molar-refractivity contribution is 6.36. The van der Waals surface area contributed by atoms with Gasteiger partial charge in [-0.15, -0.1) is 0 Å². The van der Waals surface area contributed by atoms with Gasteiger partial charge in [0.25, 0.3) is 5.91 Å². The first-order valence-electron chi connectivity index (χ1n) is 12.2. The van der Waals surface area contributed by atoms with E-state index >= 15 is 0 Å². The predicted molar refractivity (Wildman–Crippen MR) is 149 cm³/mol. The van der Waals surface area contributed by atoms with E-state index in [9.17, 15) is 9.59 Å². The smallest absolute Gasteiger partial charge is 0.256 e. The third-order valence-corrected chi connectivity index (χ3v) is 7.28. The molecule has 0 saturated carbocycles. The zero-order chi connectivity index (χ0) is 26.3. The summed E-state index contributed by atoms with van der Waals surface area (Å²) in [4.78, 5) is 31.1. The van der Waals surface area contributed by atoms with Crippen LogP contribution in [0.2, 0.25) is 10.0 Å². The van der Waals surface area contributed by atoms with Crippen molar-refractivity contribution in [3.8, 4) is 5.69 Å². The molecule has 4 aromatic rings. The number of halogens is 2. The summed E-state index contributed by atoms with van der Waals surface area (Å²) < 4.78 is 2.13. The Kier molecular flexibility index (Phi) is 6.84. The maximum absolute atomic E-state index is 14.2. The average Bonchev–Trinajstić information content (AvgIpc) is 3.36. The molecule has 0 spiro atoms. The first-order valence-corrected chi connectivity index (χ1v) is 12.9. The van der Waals surface area contributed by atoms with Crippen molar-refractivity contribution in [2.24, 2.45) is 0 Å². The van der Waals surface area contributed by atoms with Crippen molar-refractivity contribution in [3.05, 3.63) is 117 Å². The zero-order valence-corrected chi connectivity index (χ0v) is 22.4. The Labute approximate surface area is 226 Å². The van der Waals surface area contributed by atoms with E-state index in [-0.39, 0.29) is 35.5 Å². The van der Waals surface area contributed by atoms with Crippen molar-refractivity contribution in [2.45, 2.75) is 32.9 Å². The summed E-state index contributed by atoms with van der Waals surface area (Å²) in [6.07, 6.45) is 2.02. The Bertz CT molecular complexity index is 1480. The number of aromatic nitrogens is 1. The van der Waals surface area contributed by atoms with E-state index in [0.29, 0.717) is 10.6 Å². The monoisotopic (exact) mass is 531 g/mol. The molecule has 2 heterocycles. The standard InChI is InChI=1S/C30H27Cl2N3O2/c1-19(2)34(30(37)23-15-14-22(31)17-24(23)32)18-28(36)35-26-8-5-4-7-25(26)33-16-6-9-27(33)29(35)21-12-10-20(3)11-13-21/h4-17,19,29H,18H2,1-3H3/t29-/m1/s1. The Balaban J connectivity index is 1.57. The molecule has 1 atom stereocenters. The SMILES string of the molecule is Cc1ccc([C@@H]2c3cccn3-c3ccccc3N2C(=O)CN(C(=O)c2ccc(Cl)cc2Cl)C(C)C)cc1. The molecule has 0 unspecified atom stereocenters. The first kappa shape index (κ1) is 25.1. The van der Waals surface area contributed by atoms with Gasteiger partial charge in [0.05, 0.1) is 27.7 Å². The van der Waals surface area contributed by atoms with Crippen molar-refractivity contribution in [1.29, 1.82) is 0 Å². The number of aryl methyl sites for hydroxylation is 1. The molecule has 188 valence electrons. The third-order valence-electron chi connectivity index (χ3n) is 6.73. The fourth-order valence-corrected chi connectivity index (χ4v) is 5.34. The van der Waals surface area contributed by atoms with Gasteiger partial charge in [-0.2, -0.15) is 0 Å². The molecule has 1 aliphatic rings. The van der Waals surface area contributed by atoms with Gasteiger partial charge in [0.15, 0.2) is 0 Å². The minimum Gasteiger partial charge on any atom is -0.327 e. The molecule has 5 nitrogen and oxygen atoms in total. The lowest BCUT2D eigenvalue weighted by Gasteiger charge is -2.40. The van der Waals surface area contributed by atoms with Crippen molar-refractivity contribution >= 4 is 40.7 Å². The molecule has 0 fully saturated rings. The van der Waals surface area contributed by atoms with Crippen molar-refractivity contribution in [1.82, 2.24) is 9.47 Å². The largest absolute Gasteiger partial charge is 0.327 e. The Hall–Kier alpha value is -3.54. The van der Waals surface area contributed by atoms with Gasteiger partial charge in [0.2, 0.25) is 5.91 Å². The summed E-state index contributed by atoms with van der Waals surface area (Å²) in [7, 11) is 0. The maximum atomic E-state index is 14.2. The lowest BCUT2D eigenvalue weighted by atomic mass is 9.97. The van der Waals surface area contributed by atoms with Gasteiger partial charge in [-0.1, -0.05) is 65.2 Å². The molecule has 37 heavy (non-hydrogen) atoms. The minimum absolute atomic E-state index is 0.104. The summed E-state index contributed by atoms with van der Waals surface area (Å²) in [6, 6.07) is 24.3. The van der Waals surface area contributed by atoms with Crippen molar-refractivity contribution < 1.29 is 9.59 Å². The van der Waals surface area contributed by atoms with Gasteiger partial charge in [-0.05, 0) is 68.8 Å². The van der Waals surface area contributed by atoms with Gasteiger partial charge in [-0.3, -0.25) is 14.5 Å². The minimum atomic E-state index is -0.346. The highest BCUT2D eigenvalue weighted by Crippen LogP contribution is 2.42. The van der Waals surface area contributed by atoms with E-state index in [0.717, 1.165) is 28.2 Å². The number of amides is 2. The molecule has 5 rings (SSSR count). The van der Waals surface area contributed by atoms with Crippen LogP contribution in [0.25, 0.3) is 5.69 Å². The maximum Gasteiger partial charge on any atom is 0.256 e. The van der Waals surface area contributed by atoms with Gasteiger partial charge < -0.3 is 9.47 Å². The van der Waals surface area contributed by atoms with E-state index < -0.39 is 0 Å². The fourth-order valence-electron chi connectivity index (χ4n) is 4.85. The van der Waals surface area contributed by atoms with E-state index in [4.69, 9.17) is 23.2 Å². The quantitative estimate of drug-likeness (QED) is 0.276. The topological polar surface area (TPSA) is 45.6 Å². The number of para-hydroxylation sites is 2. The molecule has 0 saturated heterocycles. The zero-order valence-electron chi connectivity index (χ0n) is 20.9. The van der Waals surface area contributed by atoms with Gasteiger partial charge in [0.1, 0.15) is 12.6 Å². The predicted octanol–water partition coefficient (Wildman–Crippen LogP) is 7.08. The van der Waals surface area contributed by atoms with Crippen LogP contribution in [0.1, 0.15) is 47.1 Å². The van der Waals surface area contributed by atoms with Crippen LogP contribution < -0.4 is 4.90 Å². The Morgan fingerprint density at radius 2 is 1.62 bits per heavy atom. The fraction of sp³-hybridized carbons (Fsp3) is 0.200. The van der Waals surface area contributed by atoms with Crippen LogP contribution in [0.4, 0.5) is 5.69 Å². The number of fused-ring (bicyclic) bond motifs is 3. The van der Waals surface area contributed by atoms with Crippen LogP contribution in [-0.4, -0.2) is 33.9 Å². The third kappa shape index (κ3) is 4.65. The van der Waals surface area contributed by atoms with Crippen molar-refractivity contribution in [3.63, 3.8) is 0 Å². The molecule has 7 heteroatoms. The molecular formula is C30H27Cl2N3O2. The summed E-state index contributed by atoms with van der Waals surface area (Å²) >= 11 is 12.4. The van der Waals surface area contributed by atoms with Crippen LogP contribution in [0.5, 0.6) is 0 Å². The number of benzene rings is 3. The molecule has 0 bridgehead atoms. The average molecular weight is 532 g/mol. The molecule has 2 amide bonds. The van der Waals surface area contributed by atoms with Crippen LogP contribution in [0, 0.1) is 6.92 Å². The summed E-state index contributed by atoms with van der Waals surface area (Å²) in [5.74, 6) is -0.497. The summed E-state index contributed by atoms with van der Waals surface area (Å²) in [5.41, 5.74) is 5.15. The normalized spacial score (nSPS) is 14.3. The van der Waals surface area contributed by atoms with Gasteiger partial charge in [0, 0.05) is 17.3 Å². The lowest BCUT2D eigenvalue weighted by molar-refractivity contribution is -0.120.